The van der Waals surface area contributed by atoms with Gasteiger partial charge < -0.3 is 5.32 Å². The summed E-state index contributed by atoms with van der Waals surface area (Å²) in [7, 11) is -7.48. The maximum Gasteiger partial charge on any atom is 0.257 e. The third-order valence-corrected chi connectivity index (χ3v) is 8.84. The van der Waals surface area contributed by atoms with Gasteiger partial charge in [0.05, 0.1) is 32.2 Å². The zero-order chi connectivity index (χ0) is 20.7. The van der Waals surface area contributed by atoms with E-state index >= 15 is 0 Å². The van der Waals surface area contributed by atoms with E-state index in [1.807, 2.05) is 5.32 Å². The van der Waals surface area contributed by atoms with Gasteiger partial charge in [-0.25, -0.2) is 25.6 Å². The maximum atomic E-state index is 13.7. The van der Waals surface area contributed by atoms with E-state index < -0.39 is 53.9 Å². The lowest BCUT2D eigenvalue weighted by atomic mass is 10.2. The number of hydrogen-bond acceptors (Lipinski definition) is 5. The molecule has 0 aliphatic carbocycles. The molecule has 6 nitrogen and oxygen atoms in total. The molecule has 1 saturated heterocycles. The molecule has 1 aliphatic rings. The minimum absolute atomic E-state index is 0.0464. The van der Waals surface area contributed by atoms with E-state index in [9.17, 15) is 30.4 Å². The summed E-state index contributed by atoms with van der Waals surface area (Å²) < 4.78 is 76.1. The second-order valence-corrected chi connectivity index (χ2v) is 11.1. The quantitative estimate of drug-likeness (QED) is 0.774. The average molecular weight is 450 g/mol. The zero-order valence-corrected chi connectivity index (χ0v) is 16.5. The molecule has 1 heterocycles. The minimum Gasteiger partial charge on any atom is -0.317 e. The first kappa shape index (κ1) is 20.7. The number of carbonyl (C=O) groups excluding carboxylic acids is 1. The Kier molecular flexibility index (Phi) is 5.48. The largest absolute Gasteiger partial charge is 0.317 e. The van der Waals surface area contributed by atoms with E-state index in [1.165, 1.54) is 0 Å². The van der Waals surface area contributed by atoms with Crippen LogP contribution in [0.25, 0.3) is 0 Å². The van der Waals surface area contributed by atoms with Gasteiger partial charge in [0, 0.05) is 0 Å². The SMILES string of the molecule is O=C(Nc1c(F)cccc1F)c1cc(S(=O)(=O)C2CCS(=O)(=O)C2)ccc1Cl. The molecule has 1 unspecified atom stereocenters. The number of nitrogens with one attached hydrogen (secondary N) is 1. The summed E-state index contributed by atoms with van der Waals surface area (Å²) in [6.07, 6.45) is -0.0464. The Morgan fingerprint density at radius 3 is 2.36 bits per heavy atom. The summed E-state index contributed by atoms with van der Waals surface area (Å²) in [5, 5.41) is 0.774. The summed E-state index contributed by atoms with van der Waals surface area (Å²) in [5.41, 5.74) is -1.01. The molecule has 3 rings (SSSR count). The molecule has 1 amide bonds. The number of halogens is 3. The highest BCUT2D eigenvalue weighted by Gasteiger charge is 2.38. The predicted octanol–water partition coefficient (Wildman–Crippen LogP) is 2.83. The summed E-state index contributed by atoms with van der Waals surface area (Å²) in [5.74, 6) is -3.76. The topological polar surface area (TPSA) is 97.4 Å². The molecular weight excluding hydrogens is 436 g/mol. The van der Waals surface area contributed by atoms with Crippen molar-refractivity contribution >= 4 is 42.9 Å². The van der Waals surface area contributed by atoms with Crippen molar-refractivity contribution in [1.82, 2.24) is 0 Å². The Hall–Kier alpha value is -2.04. The first-order chi connectivity index (χ1) is 13.0. The highest BCUT2D eigenvalue weighted by molar-refractivity contribution is 7.96. The summed E-state index contributed by atoms with van der Waals surface area (Å²) >= 11 is 5.95. The van der Waals surface area contributed by atoms with Crippen molar-refractivity contribution < 1.29 is 30.4 Å². The smallest absolute Gasteiger partial charge is 0.257 e. The number of benzene rings is 2. The van der Waals surface area contributed by atoms with Crippen LogP contribution in [-0.2, 0) is 19.7 Å². The van der Waals surface area contributed by atoms with Crippen LogP contribution in [0.2, 0.25) is 5.02 Å². The van der Waals surface area contributed by atoms with Gasteiger partial charge in [0.1, 0.15) is 17.3 Å². The number of para-hydroxylation sites is 1. The van der Waals surface area contributed by atoms with Crippen LogP contribution in [0.3, 0.4) is 0 Å². The second-order valence-electron chi connectivity index (χ2n) is 6.26. The number of rotatable bonds is 4. The average Bonchev–Trinajstić information content (AvgIpc) is 2.99. The molecule has 1 aliphatic heterocycles. The lowest BCUT2D eigenvalue weighted by Crippen LogP contribution is -2.23. The van der Waals surface area contributed by atoms with Crippen LogP contribution < -0.4 is 5.32 Å². The van der Waals surface area contributed by atoms with E-state index in [1.54, 1.807) is 0 Å². The molecule has 150 valence electrons. The molecule has 1 fully saturated rings. The third kappa shape index (κ3) is 4.03. The van der Waals surface area contributed by atoms with Crippen LogP contribution in [-0.4, -0.2) is 39.5 Å². The Bertz CT molecular complexity index is 1150. The zero-order valence-electron chi connectivity index (χ0n) is 14.2. The van der Waals surface area contributed by atoms with Crippen molar-refractivity contribution in [1.29, 1.82) is 0 Å². The first-order valence-corrected chi connectivity index (χ1v) is 11.7. The number of carbonyl (C=O) groups is 1. The number of sulfone groups is 2. The molecule has 0 spiro atoms. The normalized spacial score (nSPS) is 18.8. The summed E-state index contributed by atoms with van der Waals surface area (Å²) in [6, 6.07) is 6.30. The maximum absolute atomic E-state index is 13.7. The molecule has 0 radical (unpaired) electrons. The molecule has 0 aromatic heterocycles. The standard InChI is InChI=1S/C17H14ClF2NO5S2/c18-13-5-4-10(28(25,26)11-6-7-27(23,24)9-11)8-12(13)17(22)21-16-14(19)2-1-3-15(16)20/h1-5,8,11H,6-7,9H2,(H,21,22). The van der Waals surface area contributed by atoms with Crippen molar-refractivity contribution in [3.8, 4) is 0 Å². The van der Waals surface area contributed by atoms with Crippen LogP contribution in [0.15, 0.2) is 41.3 Å². The highest BCUT2D eigenvalue weighted by Crippen LogP contribution is 2.29. The summed E-state index contributed by atoms with van der Waals surface area (Å²) in [6.45, 7) is 0. The second kappa shape index (κ2) is 7.41. The van der Waals surface area contributed by atoms with E-state index in [0.29, 0.717) is 0 Å². The molecule has 0 bridgehead atoms. The first-order valence-electron chi connectivity index (χ1n) is 8.00. The van der Waals surface area contributed by atoms with Gasteiger partial charge >= 0.3 is 0 Å². The van der Waals surface area contributed by atoms with Crippen LogP contribution in [0.4, 0.5) is 14.5 Å². The molecule has 1 atom stereocenters. The van der Waals surface area contributed by atoms with Crippen molar-refractivity contribution in [2.75, 3.05) is 16.8 Å². The third-order valence-electron chi connectivity index (χ3n) is 4.34. The highest BCUT2D eigenvalue weighted by atomic mass is 35.5. The van der Waals surface area contributed by atoms with Gasteiger partial charge in [-0.1, -0.05) is 17.7 Å². The van der Waals surface area contributed by atoms with Gasteiger partial charge in [-0.15, -0.1) is 0 Å². The molecule has 2 aromatic carbocycles. The Balaban J connectivity index is 1.95. The van der Waals surface area contributed by atoms with E-state index in [2.05, 4.69) is 0 Å². The molecule has 11 heteroatoms. The Labute approximate surface area is 165 Å². The molecular formula is C17H14ClF2NO5S2. The number of hydrogen-bond donors (Lipinski definition) is 1. The van der Waals surface area contributed by atoms with Gasteiger partial charge in [-0.2, -0.15) is 0 Å². The van der Waals surface area contributed by atoms with Crippen LogP contribution in [0.1, 0.15) is 16.8 Å². The monoisotopic (exact) mass is 449 g/mol. The molecule has 28 heavy (non-hydrogen) atoms. The number of anilines is 1. The van der Waals surface area contributed by atoms with E-state index in [0.717, 1.165) is 36.4 Å². The van der Waals surface area contributed by atoms with Crippen molar-refractivity contribution in [2.24, 2.45) is 0 Å². The molecule has 0 saturated carbocycles. The molecule has 2 aromatic rings. The van der Waals surface area contributed by atoms with Gasteiger partial charge in [-0.05, 0) is 36.8 Å². The predicted molar refractivity (Wildman–Crippen MR) is 100 cm³/mol. The van der Waals surface area contributed by atoms with E-state index in [4.69, 9.17) is 11.6 Å². The van der Waals surface area contributed by atoms with Gasteiger partial charge in [0.15, 0.2) is 19.7 Å². The fraction of sp³-hybridized carbons (Fsp3) is 0.235. The van der Waals surface area contributed by atoms with E-state index in [-0.39, 0.29) is 27.7 Å². The van der Waals surface area contributed by atoms with Gasteiger partial charge in [0.25, 0.3) is 5.91 Å². The van der Waals surface area contributed by atoms with Gasteiger partial charge in [0.2, 0.25) is 0 Å². The van der Waals surface area contributed by atoms with Crippen LogP contribution in [0, 0.1) is 11.6 Å². The van der Waals surface area contributed by atoms with Crippen molar-refractivity contribution in [3.63, 3.8) is 0 Å². The molecule has 1 N–H and O–H groups in total. The lowest BCUT2D eigenvalue weighted by Gasteiger charge is -2.13. The fourth-order valence-electron chi connectivity index (χ4n) is 2.85. The fourth-order valence-corrected chi connectivity index (χ4v) is 7.44. The Morgan fingerprint density at radius 1 is 1.14 bits per heavy atom. The number of amides is 1. The van der Waals surface area contributed by atoms with Crippen LogP contribution >= 0.6 is 11.6 Å². The van der Waals surface area contributed by atoms with Crippen molar-refractivity contribution in [2.45, 2.75) is 16.6 Å². The van der Waals surface area contributed by atoms with Gasteiger partial charge in [-0.3, -0.25) is 4.79 Å². The Morgan fingerprint density at radius 2 is 1.79 bits per heavy atom. The van der Waals surface area contributed by atoms with Crippen molar-refractivity contribution in [3.05, 3.63) is 58.6 Å². The van der Waals surface area contributed by atoms with Crippen LogP contribution in [0.5, 0.6) is 0 Å². The minimum atomic E-state index is -4.04. The summed E-state index contributed by atoms with van der Waals surface area (Å²) in [4.78, 5) is 12.1. The lowest BCUT2D eigenvalue weighted by molar-refractivity contribution is 0.102.